The second-order valence-electron chi connectivity index (χ2n) is 9.44. The molecule has 0 bridgehead atoms. The summed E-state index contributed by atoms with van der Waals surface area (Å²) in [6, 6.07) is 4.32. The van der Waals surface area contributed by atoms with Crippen LogP contribution < -0.4 is 5.56 Å². The smallest absolute Gasteiger partial charge is 0.408 e. The average molecular weight is 464 g/mol. The highest BCUT2D eigenvalue weighted by Crippen LogP contribution is 2.44. The van der Waals surface area contributed by atoms with Gasteiger partial charge in [0.15, 0.2) is 5.69 Å². The molecule has 0 spiro atoms. The van der Waals surface area contributed by atoms with Gasteiger partial charge >= 0.3 is 11.7 Å². The van der Waals surface area contributed by atoms with Crippen LogP contribution in [0.1, 0.15) is 65.6 Å². The molecule has 33 heavy (non-hydrogen) atoms. The maximum absolute atomic E-state index is 13.3. The largest absolute Gasteiger partial charge is 0.501 e. The van der Waals surface area contributed by atoms with Crippen molar-refractivity contribution in [3.63, 3.8) is 0 Å². The lowest BCUT2D eigenvalue weighted by atomic mass is 9.75. The lowest BCUT2D eigenvalue weighted by molar-refractivity contribution is -0.172. The van der Waals surface area contributed by atoms with E-state index in [1.165, 1.54) is 4.57 Å². The topological polar surface area (TPSA) is 75.4 Å². The zero-order valence-corrected chi connectivity index (χ0v) is 19.0. The second-order valence-corrected chi connectivity index (χ2v) is 9.44. The normalized spacial score (nSPS) is 19.0. The maximum Gasteiger partial charge on any atom is 0.408 e. The van der Waals surface area contributed by atoms with Gasteiger partial charge in [0.1, 0.15) is 11.9 Å². The van der Waals surface area contributed by atoms with Gasteiger partial charge in [-0.25, -0.2) is 0 Å². The zero-order valence-electron chi connectivity index (χ0n) is 19.0. The lowest BCUT2D eigenvalue weighted by Crippen LogP contribution is -2.52. The summed E-state index contributed by atoms with van der Waals surface area (Å²) in [7, 11) is 0. The van der Waals surface area contributed by atoms with Crippen molar-refractivity contribution in [3.8, 4) is 5.75 Å². The number of aryl methyl sites for hydroxylation is 2. The number of hydrogen-bond acceptors (Lipinski definition) is 4. The number of aromatic nitrogens is 2. The molecular formula is C24H28F3N3O3. The number of aromatic hydroxyl groups is 1. The van der Waals surface area contributed by atoms with Crippen LogP contribution in [0, 0.1) is 13.8 Å². The highest BCUT2D eigenvalue weighted by atomic mass is 19.4. The Balaban J connectivity index is 1.79. The lowest BCUT2D eigenvalue weighted by Gasteiger charge is -2.37. The fourth-order valence-electron chi connectivity index (χ4n) is 5.38. The highest BCUT2D eigenvalue weighted by Gasteiger charge is 2.45. The van der Waals surface area contributed by atoms with Gasteiger partial charge in [0, 0.05) is 24.9 Å². The predicted octanol–water partition coefficient (Wildman–Crippen LogP) is 4.03. The van der Waals surface area contributed by atoms with E-state index in [1.54, 1.807) is 0 Å². The van der Waals surface area contributed by atoms with Gasteiger partial charge in [-0.05, 0) is 39.2 Å². The number of rotatable bonds is 4. The summed E-state index contributed by atoms with van der Waals surface area (Å²) in [5.74, 6) is -1.56. The van der Waals surface area contributed by atoms with Crippen LogP contribution in [-0.2, 0) is 18.4 Å². The fraction of sp³-hybridized carbons (Fsp3) is 0.542. The van der Waals surface area contributed by atoms with Gasteiger partial charge in [0.25, 0.3) is 5.91 Å². The summed E-state index contributed by atoms with van der Waals surface area (Å²) in [5, 5.41) is 10.3. The van der Waals surface area contributed by atoms with Crippen LogP contribution in [0.25, 0.3) is 0 Å². The molecule has 0 radical (unpaired) electrons. The van der Waals surface area contributed by atoms with Crippen LogP contribution in [0.3, 0.4) is 0 Å². The molecule has 9 heteroatoms. The van der Waals surface area contributed by atoms with E-state index in [0.29, 0.717) is 17.1 Å². The first-order chi connectivity index (χ1) is 15.4. The number of fused-ring (bicyclic) bond motifs is 1. The van der Waals surface area contributed by atoms with Crippen LogP contribution in [-0.4, -0.2) is 44.2 Å². The molecule has 1 saturated carbocycles. The van der Waals surface area contributed by atoms with Crippen LogP contribution in [0.4, 0.5) is 13.2 Å². The maximum atomic E-state index is 13.3. The molecule has 2 heterocycles. The highest BCUT2D eigenvalue weighted by molar-refractivity contribution is 5.96. The minimum Gasteiger partial charge on any atom is -0.501 e. The van der Waals surface area contributed by atoms with E-state index in [2.05, 4.69) is 23.2 Å². The molecule has 6 nitrogen and oxygen atoms in total. The minimum absolute atomic E-state index is 0.0284. The molecule has 1 aliphatic heterocycles. The van der Waals surface area contributed by atoms with Crippen LogP contribution in [0.5, 0.6) is 5.75 Å². The molecule has 178 valence electrons. The van der Waals surface area contributed by atoms with Crippen molar-refractivity contribution < 1.29 is 23.1 Å². The summed E-state index contributed by atoms with van der Waals surface area (Å²) in [5.41, 5.74) is 1.72. The Kier molecular flexibility index (Phi) is 5.78. The number of nitrogens with zero attached hydrogens (tertiary/aromatic N) is 3. The van der Waals surface area contributed by atoms with Gasteiger partial charge in [-0.3, -0.25) is 9.59 Å². The monoisotopic (exact) mass is 463 g/mol. The number of halogens is 3. The van der Waals surface area contributed by atoms with Crippen LogP contribution >= 0.6 is 0 Å². The summed E-state index contributed by atoms with van der Waals surface area (Å²) < 4.78 is 41.3. The third kappa shape index (κ3) is 4.13. The van der Waals surface area contributed by atoms with Gasteiger partial charge in [-0.2, -0.15) is 18.2 Å². The first-order valence-corrected chi connectivity index (χ1v) is 11.2. The molecule has 4 rings (SSSR count). The number of alkyl halides is 3. The van der Waals surface area contributed by atoms with E-state index in [0.717, 1.165) is 49.3 Å². The van der Waals surface area contributed by atoms with Crippen molar-refractivity contribution in [1.29, 1.82) is 0 Å². The number of carbonyl (C=O) groups is 1. The van der Waals surface area contributed by atoms with Crippen molar-refractivity contribution in [1.82, 2.24) is 14.5 Å². The summed E-state index contributed by atoms with van der Waals surface area (Å²) >= 11 is 0. The summed E-state index contributed by atoms with van der Waals surface area (Å²) in [4.78, 5) is 30.2. The Morgan fingerprint density at radius 2 is 1.70 bits per heavy atom. The van der Waals surface area contributed by atoms with Crippen LogP contribution in [0.2, 0.25) is 0 Å². The summed E-state index contributed by atoms with van der Waals surface area (Å²) in [6.45, 7) is 4.80. The molecule has 0 saturated heterocycles. The molecule has 1 aromatic carbocycles. The molecule has 1 N–H and O–H groups in total. The first-order valence-electron chi connectivity index (χ1n) is 11.2. The van der Waals surface area contributed by atoms with E-state index in [1.807, 2.05) is 13.8 Å². The standard InChI is InChI=1S/C24H28F3N3O3/c1-14-10-15(2)12-17(11-14)23(6-4-5-7-23)13-18-28-21(32)20(31)19-22(33)29(8-9-30(18)19)16(3)24(25,26)27/h10-12,16,31H,4-9,13H2,1-3H3/t16-/m0/s1. The number of hydrogen-bond donors (Lipinski definition) is 1. The van der Waals surface area contributed by atoms with Crippen molar-refractivity contribution in [2.75, 3.05) is 6.54 Å². The van der Waals surface area contributed by atoms with Gasteiger partial charge < -0.3 is 14.6 Å². The van der Waals surface area contributed by atoms with Crippen molar-refractivity contribution in [2.24, 2.45) is 0 Å². The van der Waals surface area contributed by atoms with Gasteiger partial charge in [-0.15, -0.1) is 0 Å². The van der Waals surface area contributed by atoms with E-state index in [4.69, 9.17) is 0 Å². The van der Waals surface area contributed by atoms with Gasteiger partial charge in [0.2, 0.25) is 5.75 Å². The average Bonchev–Trinajstić information content (AvgIpc) is 3.19. The summed E-state index contributed by atoms with van der Waals surface area (Å²) in [6.07, 6.45) is -0.447. The van der Waals surface area contributed by atoms with Crippen molar-refractivity contribution in [3.05, 3.63) is 56.8 Å². The molecular weight excluding hydrogens is 435 g/mol. The number of carbonyl (C=O) groups excluding carboxylic acids is 1. The van der Waals surface area contributed by atoms with Crippen molar-refractivity contribution in [2.45, 2.75) is 77.1 Å². The Bertz CT molecular complexity index is 1130. The predicted molar refractivity (Wildman–Crippen MR) is 116 cm³/mol. The number of benzene rings is 1. The quantitative estimate of drug-likeness (QED) is 0.743. The van der Waals surface area contributed by atoms with Crippen LogP contribution in [0.15, 0.2) is 23.0 Å². The Labute approximate surface area is 190 Å². The minimum atomic E-state index is -4.61. The number of amides is 1. The van der Waals surface area contributed by atoms with Gasteiger partial charge in [0.05, 0.1) is 0 Å². The third-order valence-electron chi connectivity index (χ3n) is 7.10. The third-order valence-corrected chi connectivity index (χ3v) is 7.10. The Hall–Kier alpha value is -2.84. The first kappa shape index (κ1) is 23.3. The fourth-order valence-corrected chi connectivity index (χ4v) is 5.38. The molecule has 1 aliphatic carbocycles. The molecule has 0 unspecified atom stereocenters. The van der Waals surface area contributed by atoms with E-state index < -0.39 is 35.1 Å². The molecule has 2 aromatic rings. The molecule has 1 atom stereocenters. The molecule has 2 aliphatic rings. The molecule has 1 amide bonds. The van der Waals surface area contributed by atoms with E-state index in [-0.39, 0.29) is 18.5 Å². The Morgan fingerprint density at radius 1 is 1.09 bits per heavy atom. The molecule has 1 aromatic heterocycles. The van der Waals surface area contributed by atoms with Crippen molar-refractivity contribution >= 4 is 5.91 Å². The van der Waals surface area contributed by atoms with Gasteiger partial charge in [-0.1, -0.05) is 42.2 Å². The second kappa shape index (κ2) is 8.18. The van der Waals surface area contributed by atoms with E-state index >= 15 is 0 Å². The zero-order chi connectivity index (χ0) is 24.1. The SMILES string of the molecule is Cc1cc(C)cc(C2(Cc3nc(=O)c(O)c4n3CCN([C@@H](C)C(F)(F)F)C4=O)CCCC2)c1. The van der Waals surface area contributed by atoms with E-state index in [9.17, 15) is 27.9 Å². The molecule has 1 fully saturated rings. The Morgan fingerprint density at radius 3 is 2.27 bits per heavy atom.